The highest BCUT2D eigenvalue weighted by Crippen LogP contribution is 2.34. The number of benzene rings is 1. The smallest absolute Gasteiger partial charge is 0.305 e. The maximum atomic E-state index is 12.2. The Balaban J connectivity index is 2.10. The van der Waals surface area contributed by atoms with Crippen LogP contribution in [0.3, 0.4) is 0 Å². The summed E-state index contributed by atoms with van der Waals surface area (Å²) in [7, 11) is 0. The van der Waals surface area contributed by atoms with Crippen LogP contribution in [0.4, 0.5) is 0 Å². The zero-order valence-electron chi connectivity index (χ0n) is 10.0. The summed E-state index contributed by atoms with van der Waals surface area (Å²) in [6, 6.07) is 4.79. The topological polar surface area (TPSA) is 66.4 Å². The molecule has 1 amide bonds. The van der Waals surface area contributed by atoms with Crippen molar-refractivity contribution in [2.24, 2.45) is 5.92 Å². The quantitative estimate of drug-likeness (QED) is 0.756. The standard InChI is InChI=1S/C13H13ClINO3/c14-8-3-4-10(15)9(5-8)13(19)16-11(6-12(17)18)7-1-2-7/h3-5,7,11H,1-2,6H2,(H,16,19)(H,17,18). The van der Waals surface area contributed by atoms with Crippen molar-refractivity contribution < 1.29 is 14.7 Å². The third kappa shape index (κ3) is 4.07. The Kier molecular flexibility index (Phi) is 4.67. The minimum atomic E-state index is -0.891. The molecule has 0 saturated heterocycles. The molecule has 0 heterocycles. The van der Waals surface area contributed by atoms with Crippen molar-refractivity contribution in [1.82, 2.24) is 5.32 Å². The number of aliphatic carboxylic acids is 1. The van der Waals surface area contributed by atoms with Crippen LogP contribution in [-0.2, 0) is 4.79 Å². The molecule has 1 fully saturated rings. The van der Waals surface area contributed by atoms with Gasteiger partial charge in [-0.1, -0.05) is 11.6 Å². The van der Waals surface area contributed by atoms with Crippen LogP contribution in [0.5, 0.6) is 0 Å². The summed E-state index contributed by atoms with van der Waals surface area (Å²) in [4.78, 5) is 23.0. The van der Waals surface area contributed by atoms with Crippen molar-refractivity contribution >= 4 is 46.1 Å². The number of hydrogen-bond acceptors (Lipinski definition) is 2. The highest BCUT2D eigenvalue weighted by molar-refractivity contribution is 14.1. The van der Waals surface area contributed by atoms with Gasteiger partial charge in [0, 0.05) is 14.6 Å². The van der Waals surface area contributed by atoms with E-state index in [1.165, 1.54) is 0 Å². The fourth-order valence-electron chi connectivity index (χ4n) is 1.94. The van der Waals surface area contributed by atoms with Crippen molar-refractivity contribution in [3.8, 4) is 0 Å². The van der Waals surface area contributed by atoms with Crippen molar-refractivity contribution in [3.05, 3.63) is 32.4 Å². The first-order valence-electron chi connectivity index (χ1n) is 5.95. The number of carbonyl (C=O) groups is 2. The average Bonchev–Trinajstić information content (AvgIpc) is 3.14. The van der Waals surface area contributed by atoms with Crippen molar-refractivity contribution in [3.63, 3.8) is 0 Å². The number of rotatable bonds is 5. The number of hydrogen-bond donors (Lipinski definition) is 2. The predicted molar refractivity (Wildman–Crippen MR) is 80.4 cm³/mol. The van der Waals surface area contributed by atoms with E-state index in [4.69, 9.17) is 16.7 Å². The summed E-state index contributed by atoms with van der Waals surface area (Å²) in [5.41, 5.74) is 0.490. The summed E-state index contributed by atoms with van der Waals surface area (Å²) in [6.07, 6.45) is 1.92. The van der Waals surface area contributed by atoms with Crippen LogP contribution in [0.15, 0.2) is 18.2 Å². The van der Waals surface area contributed by atoms with Gasteiger partial charge in [0.15, 0.2) is 0 Å². The van der Waals surface area contributed by atoms with Crippen LogP contribution < -0.4 is 5.32 Å². The SMILES string of the molecule is O=C(O)CC(NC(=O)c1cc(Cl)ccc1I)C1CC1. The fraction of sp³-hybridized carbons (Fsp3) is 0.385. The molecule has 102 valence electrons. The van der Waals surface area contributed by atoms with E-state index >= 15 is 0 Å². The Morgan fingerprint density at radius 1 is 1.47 bits per heavy atom. The molecule has 1 aliphatic carbocycles. The second-order valence-corrected chi connectivity index (χ2v) is 6.24. The molecule has 1 saturated carbocycles. The molecule has 0 bridgehead atoms. The van der Waals surface area contributed by atoms with E-state index in [2.05, 4.69) is 27.9 Å². The molecule has 19 heavy (non-hydrogen) atoms. The molecule has 2 N–H and O–H groups in total. The third-order valence-corrected chi connectivity index (χ3v) is 4.25. The number of nitrogens with one attached hydrogen (secondary N) is 1. The Morgan fingerprint density at radius 2 is 2.16 bits per heavy atom. The molecule has 1 aliphatic rings. The van der Waals surface area contributed by atoms with Gasteiger partial charge in [0.1, 0.15) is 0 Å². The summed E-state index contributed by atoms with van der Waals surface area (Å²) in [5, 5.41) is 12.2. The Bertz CT molecular complexity index is 517. The second kappa shape index (κ2) is 6.09. The maximum Gasteiger partial charge on any atom is 0.305 e. The Morgan fingerprint density at radius 3 is 2.74 bits per heavy atom. The molecule has 2 rings (SSSR count). The average molecular weight is 394 g/mol. The van der Waals surface area contributed by atoms with Crippen LogP contribution in [0.1, 0.15) is 29.6 Å². The van der Waals surface area contributed by atoms with Gasteiger partial charge in [0.05, 0.1) is 12.0 Å². The summed E-state index contributed by atoms with van der Waals surface area (Å²) < 4.78 is 0.796. The Labute approximate surface area is 129 Å². The van der Waals surface area contributed by atoms with Crippen LogP contribution in [0, 0.1) is 9.49 Å². The highest BCUT2D eigenvalue weighted by Gasteiger charge is 2.34. The van der Waals surface area contributed by atoms with E-state index in [1.807, 2.05) is 0 Å². The summed E-state index contributed by atoms with van der Waals surface area (Å²) in [6.45, 7) is 0. The molecule has 1 atom stereocenters. The molecule has 0 aromatic heterocycles. The lowest BCUT2D eigenvalue weighted by Crippen LogP contribution is -2.38. The lowest BCUT2D eigenvalue weighted by atomic mass is 10.1. The lowest BCUT2D eigenvalue weighted by Gasteiger charge is -2.16. The first-order valence-corrected chi connectivity index (χ1v) is 7.40. The largest absolute Gasteiger partial charge is 0.481 e. The highest BCUT2D eigenvalue weighted by atomic mass is 127. The summed E-state index contributed by atoms with van der Waals surface area (Å²) in [5.74, 6) is -0.861. The fourth-order valence-corrected chi connectivity index (χ4v) is 2.69. The van der Waals surface area contributed by atoms with Crippen molar-refractivity contribution in [2.75, 3.05) is 0 Å². The zero-order valence-corrected chi connectivity index (χ0v) is 12.9. The predicted octanol–water partition coefficient (Wildman–Crippen LogP) is 2.93. The number of carboxylic acid groups (broad SMARTS) is 1. The van der Waals surface area contributed by atoms with Gasteiger partial charge in [-0.2, -0.15) is 0 Å². The molecule has 1 aromatic rings. The lowest BCUT2D eigenvalue weighted by molar-refractivity contribution is -0.137. The van der Waals surface area contributed by atoms with Crippen molar-refractivity contribution in [2.45, 2.75) is 25.3 Å². The van der Waals surface area contributed by atoms with Crippen LogP contribution >= 0.6 is 34.2 Å². The normalized spacial score (nSPS) is 15.9. The third-order valence-electron chi connectivity index (χ3n) is 3.08. The second-order valence-electron chi connectivity index (χ2n) is 4.64. The van der Waals surface area contributed by atoms with E-state index in [9.17, 15) is 9.59 Å². The minimum Gasteiger partial charge on any atom is -0.481 e. The molecule has 4 nitrogen and oxygen atoms in total. The van der Waals surface area contributed by atoms with E-state index < -0.39 is 5.97 Å². The number of amides is 1. The molecular weight excluding hydrogens is 381 g/mol. The molecule has 1 aromatic carbocycles. The van der Waals surface area contributed by atoms with Gasteiger partial charge in [-0.05, 0) is 59.5 Å². The number of carboxylic acids is 1. The number of halogens is 2. The minimum absolute atomic E-state index is 0.0342. The van der Waals surface area contributed by atoms with Crippen LogP contribution in [-0.4, -0.2) is 23.0 Å². The van der Waals surface area contributed by atoms with Gasteiger partial charge in [-0.15, -0.1) is 0 Å². The first kappa shape index (κ1) is 14.6. The maximum absolute atomic E-state index is 12.2. The molecule has 0 radical (unpaired) electrons. The monoisotopic (exact) mass is 393 g/mol. The van der Waals surface area contributed by atoms with E-state index in [0.29, 0.717) is 10.6 Å². The molecule has 0 spiro atoms. The van der Waals surface area contributed by atoms with Crippen LogP contribution in [0.2, 0.25) is 5.02 Å². The van der Waals surface area contributed by atoms with Gasteiger partial charge >= 0.3 is 5.97 Å². The molecular formula is C13H13ClINO3. The van der Waals surface area contributed by atoms with Gasteiger partial charge in [-0.3, -0.25) is 9.59 Å². The van der Waals surface area contributed by atoms with E-state index in [-0.39, 0.29) is 24.3 Å². The zero-order chi connectivity index (χ0) is 14.0. The molecule has 1 unspecified atom stereocenters. The van der Waals surface area contributed by atoms with Gasteiger partial charge in [0.25, 0.3) is 5.91 Å². The first-order chi connectivity index (χ1) is 8.97. The molecule has 6 heteroatoms. The van der Waals surface area contributed by atoms with Crippen molar-refractivity contribution in [1.29, 1.82) is 0 Å². The summed E-state index contributed by atoms with van der Waals surface area (Å²) >= 11 is 7.94. The van der Waals surface area contributed by atoms with Gasteiger partial charge in [-0.25, -0.2) is 0 Å². The van der Waals surface area contributed by atoms with Crippen LogP contribution in [0.25, 0.3) is 0 Å². The Hall–Kier alpha value is -0.820. The van der Waals surface area contributed by atoms with Gasteiger partial charge < -0.3 is 10.4 Å². The van der Waals surface area contributed by atoms with E-state index in [1.54, 1.807) is 18.2 Å². The number of carbonyl (C=O) groups excluding carboxylic acids is 1. The van der Waals surface area contributed by atoms with Gasteiger partial charge in [0.2, 0.25) is 0 Å². The molecule has 0 aliphatic heterocycles. The van der Waals surface area contributed by atoms with E-state index in [0.717, 1.165) is 16.4 Å².